The summed E-state index contributed by atoms with van der Waals surface area (Å²) in [7, 11) is 0. The van der Waals surface area contributed by atoms with Crippen molar-refractivity contribution in [3.05, 3.63) is 92.9 Å². The number of hydrogen-bond acceptors (Lipinski definition) is 6. The molecule has 11 heteroatoms. The first kappa shape index (κ1) is 29.2. The number of phenols is 1. The summed E-state index contributed by atoms with van der Waals surface area (Å²) in [5, 5.41) is 12.5. The number of aromatic hydroxyl groups is 1. The van der Waals surface area contributed by atoms with E-state index < -0.39 is 51.1 Å². The van der Waals surface area contributed by atoms with Gasteiger partial charge in [-0.05, 0) is 85.0 Å². The largest absolute Gasteiger partial charge is 0.507 e. The van der Waals surface area contributed by atoms with Crippen molar-refractivity contribution in [1.82, 2.24) is 4.90 Å². The number of aryl methyl sites for hydroxylation is 2. The van der Waals surface area contributed by atoms with Gasteiger partial charge in [0.25, 0.3) is 11.8 Å². The summed E-state index contributed by atoms with van der Waals surface area (Å²) in [6, 6.07) is 12.1. The maximum atomic E-state index is 14.4. The molecule has 2 saturated heterocycles. The van der Waals surface area contributed by atoms with Crippen LogP contribution in [0.15, 0.2) is 65.6 Å². The number of phenolic OH excluding ortho intramolecular Hbond substituents is 1. The summed E-state index contributed by atoms with van der Waals surface area (Å²) in [6.45, 7) is 3.60. The van der Waals surface area contributed by atoms with Crippen molar-refractivity contribution in [1.29, 1.82) is 0 Å². The number of carbonyl (C=O) groups excluding carboxylic acids is 4. The number of carbonyl (C=O) groups is 4. The first-order chi connectivity index (χ1) is 20.9. The summed E-state index contributed by atoms with van der Waals surface area (Å²) < 4.78 is 13.8. The van der Waals surface area contributed by atoms with Crippen LogP contribution in [0.4, 0.5) is 10.1 Å². The van der Waals surface area contributed by atoms with Crippen LogP contribution in [-0.4, -0.2) is 43.4 Å². The standard InChI is InChI=1S/C33H27Cl2FN2O5S/c1-16-12-18(13-17(2)27(16)39)26-22-9-10-23-25(29(41)37(28(23)40)15-21-4-3-11-44-21)24(22)14-32(34)30(42)38(31(43)33(26,32)35)20-7-5-19(36)6-8-20/h3-9,11-13,23-26,39H,10,14-15H2,1-2H3/t23-,24+,25-,26-,32+,33-/m0/s1. The zero-order valence-corrected chi connectivity index (χ0v) is 26.0. The molecule has 2 aliphatic heterocycles. The quantitative estimate of drug-likeness (QED) is 0.213. The lowest BCUT2D eigenvalue weighted by Crippen LogP contribution is -2.60. The highest BCUT2D eigenvalue weighted by Gasteiger charge is 2.76. The fourth-order valence-electron chi connectivity index (χ4n) is 7.71. The Morgan fingerprint density at radius 2 is 1.66 bits per heavy atom. The van der Waals surface area contributed by atoms with Crippen molar-refractivity contribution in [2.75, 3.05) is 4.90 Å². The van der Waals surface area contributed by atoms with Crippen molar-refractivity contribution in [2.24, 2.45) is 17.8 Å². The molecule has 4 aliphatic rings. The lowest BCUT2D eigenvalue weighted by atomic mass is 9.56. The summed E-state index contributed by atoms with van der Waals surface area (Å²) in [6.07, 6.45) is 2.00. The van der Waals surface area contributed by atoms with Crippen LogP contribution in [0.2, 0.25) is 0 Å². The van der Waals surface area contributed by atoms with Gasteiger partial charge in [-0.3, -0.25) is 24.1 Å². The van der Waals surface area contributed by atoms with E-state index in [-0.39, 0.29) is 42.6 Å². The van der Waals surface area contributed by atoms with Gasteiger partial charge in [0.2, 0.25) is 11.8 Å². The molecule has 1 aromatic heterocycles. The molecule has 226 valence electrons. The molecule has 7 rings (SSSR count). The number of allylic oxidation sites excluding steroid dienone is 2. The van der Waals surface area contributed by atoms with Gasteiger partial charge >= 0.3 is 0 Å². The van der Waals surface area contributed by atoms with Crippen molar-refractivity contribution in [2.45, 2.75) is 48.9 Å². The van der Waals surface area contributed by atoms with Crippen LogP contribution in [0, 0.1) is 37.4 Å². The minimum atomic E-state index is -2.02. The first-order valence-electron chi connectivity index (χ1n) is 14.3. The summed E-state index contributed by atoms with van der Waals surface area (Å²) in [4.78, 5) is 55.4. The second-order valence-electron chi connectivity index (χ2n) is 12.1. The van der Waals surface area contributed by atoms with Gasteiger partial charge < -0.3 is 5.11 Å². The molecule has 3 heterocycles. The molecule has 0 bridgehead atoms. The van der Waals surface area contributed by atoms with E-state index in [4.69, 9.17) is 23.2 Å². The molecule has 7 nitrogen and oxygen atoms in total. The number of halogens is 3. The third kappa shape index (κ3) is 3.85. The third-order valence-corrected chi connectivity index (χ3v) is 12.0. The lowest BCUT2D eigenvalue weighted by molar-refractivity contribution is -0.141. The summed E-state index contributed by atoms with van der Waals surface area (Å²) in [5.41, 5.74) is 2.43. The topological polar surface area (TPSA) is 95.0 Å². The number of alkyl halides is 2. The minimum Gasteiger partial charge on any atom is -0.507 e. The third-order valence-electron chi connectivity index (χ3n) is 9.73. The Morgan fingerprint density at radius 3 is 2.30 bits per heavy atom. The smallest absolute Gasteiger partial charge is 0.258 e. The van der Waals surface area contributed by atoms with E-state index in [0.29, 0.717) is 22.3 Å². The van der Waals surface area contributed by atoms with Crippen LogP contribution < -0.4 is 4.90 Å². The van der Waals surface area contributed by atoms with Crippen LogP contribution in [0.1, 0.15) is 40.3 Å². The first-order valence-corrected chi connectivity index (χ1v) is 15.9. The number of hydrogen-bond donors (Lipinski definition) is 1. The number of amides is 4. The van der Waals surface area contributed by atoms with Gasteiger partial charge in [0.15, 0.2) is 9.75 Å². The van der Waals surface area contributed by atoms with E-state index in [9.17, 15) is 28.7 Å². The summed E-state index contributed by atoms with van der Waals surface area (Å²) >= 11 is 16.2. The highest BCUT2D eigenvalue weighted by Crippen LogP contribution is 2.66. The number of rotatable bonds is 4. The van der Waals surface area contributed by atoms with Gasteiger partial charge in [-0.1, -0.05) is 29.8 Å². The number of nitrogens with zero attached hydrogens (tertiary/aromatic N) is 2. The second-order valence-corrected chi connectivity index (χ2v) is 14.4. The Kier molecular flexibility index (Phi) is 6.63. The van der Waals surface area contributed by atoms with Gasteiger partial charge in [0.1, 0.15) is 11.6 Å². The molecule has 2 aliphatic carbocycles. The average molecular weight is 654 g/mol. The number of fused-ring (bicyclic) bond motifs is 4. The molecular formula is C33H27Cl2FN2O5S. The number of imide groups is 2. The second kappa shape index (κ2) is 9.99. The van der Waals surface area contributed by atoms with E-state index in [2.05, 4.69) is 0 Å². The number of thiophene rings is 1. The molecule has 1 saturated carbocycles. The highest BCUT2D eigenvalue weighted by atomic mass is 35.5. The fraction of sp³-hybridized carbons (Fsp3) is 0.333. The van der Waals surface area contributed by atoms with Crippen molar-refractivity contribution in [3.8, 4) is 5.75 Å². The van der Waals surface area contributed by atoms with E-state index in [1.807, 2.05) is 23.6 Å². The Hall–Kier alpha value is -3.53. The van der Waals surface area contributed by atoms with Crippen LogP contribution in [0.3, 0.4) is 0 Å². The summed E-state index contributed by atoms with van der Waals surface area (Å²) in [5.74, 6) is -5.64. The molecule has 3 aromatic rings. The predicted molar refractivity (Wildman–Crippen MR) is 164 cm³/mol. The minimum absolute atomic E-state index is 0.0853. The van der Waals surface area contributed by atoms with Gasteiger partial charge in [0.05, 0.1) is 24.1 Å². The van der Waals surface area contributed by atoms with Crippen molar-refractivity contribution >= 4 is 63.9 Å². The predicted octanol–water partition coefficient (Wildman–Crippen LogP) is 5.97. The molecule has 4 amide bonds. The zero-order valence-electron chi connectivity index (χ0n) is 23.7. The van der Waals surface area contributed by atoms with Crippen LogP contribution in [0.5, 0.6) is 5.75 Å². The fourth-order valence-corrected chi connectivity index (χ4v) is 9.34. The monoisotopic (exact) mass is 652 g/mol. The molecule has 3 fully saturated rings. The number of likely N-dealkylation sites (tertiary alicyclic amines) is 1. The zero-order chi connectivity index (χ0) is 31.3. The van der Waals surface area contributed by atoms with Crippen molar-refractivity contribution < 1.29 is 28.7 Å². The molecular weight excluding hydrogens is 626 g/mol. The molecule has 6 atom stereocenters. The molecule has 0 radical (unpaired) electrons. The molecule has 0 spiro atoms. The number of benzene rings is 2. The Labute approximate surface area is 266 Å². The Balaban J connectivity index is 1.40. The van der Waals surface area contributed by atoms with Gasteiger partial charge in [-0.25, -0.2) is 9.29 Å². The molecule has 1 N–H and O–H groups in total. The van der Waals surface area contributed by atoms with Gasteiger partial charge in [-0.2, -0.15) is 0 Å². The van der Waals surface area contributed by atoms with E-state index in [1.54, 1.807) is 26.0 Å². The highest BCUT2D eigenvalue weighted by molar-refractivity contribution is 7.09. The average Bonchev–Trinajstić information content (AvgIpc) is 3.63. The van der Waals surface area contributed by atoms with E-state index in [0.717, 1.165) is 21.9 Å². The Morgan fingerprint density at radius 1 is 0.977 bits per heavy atom. The van der Waals surface area contributed by atoms with E-state index in [1.165, 1.54) is 28.4 Å². The van der Waals surface area contributed by atoms with E-state index >= 15 is 0 Å². The Bertz CT molecular complexity index is 1770. The SMILES string of the molecule is Cc1cc([C@H]2C3=CC[C@@H]4C(=O)N(Cc5cccs5)C(=O)[C@@H]4[C@@H]3C[C@@]3(Cl)C(=O)N(c4ccc(F)cc4)C(=O)[C@@]23Cl)cc(C)c1O. The van der Waals surface area contributed by atoms with Gasteiger partial charge in [-0.15, -0.1) is 34.5 Å². The van der Waals surface area contributed by atoms with Crippen LogP contribution in [0.25, 0.3) is 0 Å². The van der Waals surface area contributed by atoms with Crippen LogP contribution >= 0.6 is 34.5 Å². The van der Waals surface area contributed by atoms with Crippen LogP contribution in [-0.2, 0) is 25.7 Å². The maximum absolute atomic E-state index is 14.4. The van der Waals surface area contributed by atoms with Crippen molar-refractivity contribution in [3.63, 3.8) is 0 Å². The molecule has 2 aromatic carbocycles. The normalized spacial score (nSPS) is 31.2. The lowest BCUT2D eigenvalue weighted by Gasteiger charge is -2.50. The van der Waals surface area contributed by atoms with Gasteiger partial charge in [0, 0.05) is 10.8 Å². The molecule has 44 heavy (non-hydrogen) atoms. The molecule has 0 unspecified atom stereocenters. The maximum Gasteiger partial charge on any atom is 0.258 e. The number of anilines is 1.